The Balaban J connectivity index is 1.38. The van der Waals surface area contributed by atoms with Gasteiger partial charge in [-0.2, -0.15) is 0 Å². The average Bonchev–Trinajstić information content (AvgIpc) is 3.72. The van der Waals surface area contributed by atoms with Gasteiger partial charge < -0.3 is 15.0 Å². The van der Waals surface area contributed by atoms with Gasteiger partial charge in [0.05, 0.1) is 7.11 Å². The third-order valence-electron chi connectivity index (χ3n) is 7.73. The summed E-state index contributed by atoms with van der Waals surface area (Å²) in [6, 6.07) is 22.7. The number of fused-ring (bicyclic) bond motifs is 1. The Morgan fingerprint density at radius 3 is 2.53 bits per heavy atom. The molecule has 1 aliphatic carbocycles. The molecule has 1 saturated carbocycles. The first kappa shape index (κ1) is 26.0. The van der Waals surface area contributed by atoms with Crippen LogP contribution >= 0.6 is 0 Å². The van der Waals surface area contributed by atoms with Crippen LogP contribution in [-0.4, -0.2) is 30.4 Å². The van der Waals surface area contributed by atoms with Crippen LogP contribution in [0.3, 0.4) is 0 Å². The molecular weight excluding hydrogens is 472 g/mol. The Bertz CT molecular complexity index is 1330. The van der Waals surface area contributed by atoms with Gasteiger partial charge in [0.1, 0.15) is 5.75 Å². The first-order chi connectivity index (χ1) is 18.2. The second kappa shape index (κ2) is 10.6. The van der Waals surface area contributed by atoms with Crippen molar-refractivity contribution in [3.63, 3.8) is 0 Å². The SMILES string of the molecule is COc1cccc(-c2ccc(CNC(=O)[C@@H]3C[C@@H]3c3ccccc3)c3c2CCN(C(=O)CC(C)(C)C)C3)c1. The van der Waals surface area contributed by atoms with Gasteiger partial charge in [-0.15, -0.1) is 0 Å². The molecule has 198 valence electrons. The van der Waals surface area contributed by atoms with E-state index >= 15 is 0 Å². The van der Waals surface area contributed by atoms with E-state index in [-0.39, 0.29) is 23.1 Å². The normalized spacial score (nSPS) is 18.5. The topological polar surface area (TPSA) is 58.6 Å². The maximum atomic E-state index is 13.1. The molecule has 2 amide bonds. The molecule has 1 heterocycles. The van der Waals surface area contributed by atoms with Crippen molar-refractivity contribution >= 4 is 11.8 Å². The maximum absolute atomic E-state index is 13.1. The lowest BCUT2D eigenvalue weighted by Crippen LogP contribution is -2.38. The molecule has 2 aliphatic rings. The summed E-state index contributed by atoms with van der Waals surface area (Å²) in [6.07, 6.45) is 2.21. The number of nitrogens with zero attached hydrogens (tertiary/aromatic N) is 1. The molecule has 0 saturated heterocycles. The largest absolute Gasteiger partial charge is 0.497 e. The van der Waals surface area contributed by atoms with E-state index in [1.807, 2.05) is 35.2 Å². The number of methoxy groups -OCH3 is 1. The molecule has 0 spiro atoms. The molecule has 38 heavy (non-hydrogen) atoms. The highest BCUT2D eigenvalue weighted by molar-refractivity contribution is 5.83. The van der Waals surface area contributed by atoms with Gasteiger partial charge in [-0.25, -0.2) is 0 Å². The minimum absolute atomic E-state index is 0.0362. The lowest BCUT2D eigenvalue weighted by Gasteiger charge is -2.33. The van der Waals surface area contributed by atoms with E-state index in [1.54, 1.807) is 7.11 Å². The predicted molar refractivity (Wildman–Crippen MR) is 151 cm³/mol. The molecule has 3 aromatic carbocycles. The summed E-state index contributed by atoms with van der Waals surface area (Å²) in [7, 11) is 1.68. The average molecular weight is 511 g/mol. The summed E-state index contributed by atoms with van der Waals surface area (Å²) in [4.78, 5) is 28.2. The van der Waals surface area contributed by atoms with Crippen LogP contribution in [0.4, 0.5) is 0 Å². The van der Waals surface area contributed by atoms with Crippen LogP contribution in [0, 0.1) is 11.3 Å². The fourth-order valence-corrected chi connectivity index (χ4v) is 5.61. The molecule has 3 aromatic rings. The number of carbonyl (C=O) groups excluding carboxylic acids is 2. The van der Waals surface area contributed by atoms with Crippen LogP contribution in [0.5, 0.6) is 5.75 Å². The van der Waals surface area contributed by atoms with Gasteiger partial charge in [-0.05, 0) is 69.7 Å². The predicted octanol–water partition coefficient (Wildman–Crippen LogP) is 6.10. The number of rotatable bonds is 7. The van der Waals surface area contributed by atoms with Gasteiger partial charge in [0.2, 0.25) is 11.8 Å². The van der Waals surface area contributed by atoms with Gasteiger partial charge in [-0.3, -0.25) is 9.59 Å². The Hall–Kier alpha value is -3.60. The van der Waals surface area contributed by atoms with Gasteiger partial charge in [0.25, 0.3) is 0 Å². The molecule has 1 N–H and O–H groups in total. The van der Waals surface area contributed by atoms with Crippen molar-refractivity contribution in [2.45, 2.75) is 59.0 Å². The third-order valence-corrected chi connectivity index (χ3v) is 7.73. The van der Waals surface area contributed by atoms with Crippen molar-refractivity contribution in [3.05, 3.63) is 89.0 Å². The molecule has 0 bridgehead atoms. The minimum atomic E-state index is -0.0594. The molecule has 0 radical (unpaired) electrons. The second-order valence-electron chi connectivity index (χ2n) is 11.8. The molecule has 1 fully saturated rings. The molecule has 1 aliphatic heterocycles. The number of carbonyl (C=O) groups is 2. The third kappa shape index (κ3) is 5.77. The highest BCUT2D eigenvalue weighted by atomic mass is 16.5. The van der Waals surface area contributed by atoms with Crippen molar-refractivity contribution in [2.75, 3.05) is 13.7 Å². The zero-order valence-corrected chi connectivity index (χ0v) is 22.9. The zero-order valence-electron chi connectivity index (χ0n) is 22.9. The van der Waals surface area contributed by atoms with E-state index < -0.39 is 0 Å². The second-order valence-corrected chi connectivity index (χ2v) is 11.8. The van der Waals surface area contributed by atoms with Gasteiger partial charge in [0, 0.05) is 32.0 Å². The van der Waals surface area contributed by atoms with Gasteiger partial charge >= 0.3 is 0 Å². The van der Waals surface area contributed by atoms with Crippen LogP contribution in [-0.2, 0) is 29.1 Å². The number of hydrogen-bond donors (Lipinski definition) is 1. The van der Waals surface area contributed by atoms with Crippen molar-refractivity contribution in [3.8, 4) is 16.9 Å². The number of amides is 2. The first-order valence-electron chi connectivity index (χ1n) is 13.6. The van der Waals surface area contributed by atoms with Crippen LogP contribution in [0.25, 0.3) is 11.1 Å². The maximum Gasteiger partial charge on any atom is 0.224 e. The summed E-state index contributed by atoms with van der Waals surface area (Å²) < 4.78 is 5.47. The highest BCUT2D eigenvalue weighted by Gasteiger charge is 2.43. The quantitative estimate of drug-likeness (QED) is 0.418. The summed E-state index contributed by atoms with van der Waals surface area (Å²) >= 11 is 0. The lowest BCUT2D eigenvalue weighted by atomic mass is 9.86. The monoisotopic (exact) mass is 510 g/mol. The van der Waals surface area contributed by atoms with Crippen LogP contribution in [0.15, 0.2) is 66.7 Å². The summed E-state index contributed by atoms with van der Waals surface area (Å²) in [5, 5.41) is 3.21. The summed E-state index contributed by atoms with van der Waals surface area (Å²) in [6.45, 7) is 8.05. The van der Waals surface area contributed by atoms with Crippen molar-refractivity contribution in [1.29, 1.82) is 0 Å². The van der Waals surface area contributed by atoms with Crippen LogP contribution < -0.4 is 10.1 Å². The Morgan fingerprint density at radius 1 is 1.00 bits per heavy atom. The number of ether oxygens (including phenoxy) is 1. The van der Waals surface area contributed by atoms with E-state index in [0.717, 1.165) is 35.3 Å². The highest BCUT2D eigenvalue weighted by Crippen LogP contribution is 2.47. The number of hydrogen-bond acceptors (Lipinski definition) is 3. The smallest absolute Gasteiger partial charge is 0.224 e. The molecular formula is C33H38N2O3. The Kier molecular flexibility index (Phi) is 7.29. The fraction of sp³-hybridized carbons (Fsp3) is 0.394. The summed E-state index contributed by atoms with van der Waals surface area (Å²) in [5.74, 6) is 1.47. The van der Waals surface area contributed by atoms with Gasteiger partial charge in [0.15, 0.2) is 0 Å². The molecule has 0 aromatic heterocycles. The van der Waals surface area contributed by atoms with Crippen LogP contribution in [0.1, 0.15) is 61.8 Å². The lowest BCUT2D eigenvalue weighted by molar-refractivity contribution is -0.134. The van der Waals surface area contributed by atoms with Crippen molar-refractivity contribution in [2.24, 2.45) is 11.3 Å². The van der Waals surface area contributed by atoms with Gasteiger partial charge in [-0.1, -0.05) is 75.4 Å². The standard InChI is InChI=1S/C33H38N2O3/c1-33(2,3)19-31(36)35-16-15-27-26(23-11-8-12-25(17-23)38-4)14-13-24(30(27)21-35)20-34-32(37)29-18-28(29)22-9-6-5-7-10-22/h5-14,17,28-29H,15-16,18-21H2,1-4H3,(H,34,37)/t28-,29-/m1/s1. The molecule has 5 rings (SSSR count). The summed E-state index contributed by atoms with van der Waals surface area (Å²) in [5.41, 5.74) is 6.97. The van der Waals surface area contributed by atoms with E-state index in [0.29, 0.717) is 32.0 Å². The fourth-order valence-electron chi connectivity index (χ4n) is 5.61. The Labute approximate surface area is 226 Å². The molecule has 5 nitrogen and oxygen atoms in total. The van der Waals surface area contributed by atoms with Crippen molar-refractivity contribution in [1.82, 2.24) is 10.2 Å². The van der Waals surface area contributed by atoms with E-state index in [9.17, 15) is 9.59 Å². The molecule has 0 unspecified atom stereocenters. The van der Waals surface area contributed by atoms with E-state index in [1.165, 1.54) is 16.7 Å². The Morgan fingerprint density at radius 2 is 1.79 bits per heavy atom. The first-order valence-corrected chi connectivity index (χ1v) is 13.6. The minimum Gasteiger partial charge on any atom is -0.497 e. The number of benzene rings is 3. The zero-order chi connectivity index (χ0) is 26.9. The van der Waals surface area contributed by atoms with Crippen molar-refractivity contribution < 1.29 is 14.3 Å². The van der Waals surface area contributed by atoms with Crippen LogP contribution in [0.2, 0.25) is 0 Å². The number of nitrogens with one attached hydrogen (secondary N) is 1. The molecule has 2 atom stereocenters. The molecule has 5 heteroatoms. The van der Waals surface area contributed by atoms with E-state index in [4.69, 9.17) is 4.74 Å². The van der Waals surface area contributed by atoms with E-state index in [2.05, 4.69) is 62.5 Å².